The van der Waals surface area contributed by atoms with Crippen LogP contribution in [-0.4, -0.2) is 27.9 Å². The third-order valence-corrected chi connectivity index (χ3v) is 10.3. The number of carboxylic acids is 1. The Balaban J connectivity index is 1.66. The van der Waals surface area contributed by atoms with Gasteiger partial charge in [-0.05, 0) is 80.6 Å². The summed E-state index contributed by atoms with van der Waals surface area (Å²) in [6, 6.07) is 0. The van der Waals surface area contributed by atoms with Gasteiger partial charge in [-0.1, -0.05) is 63.1 Å². The summed E-state index contributed by atoms with van der Waals surface area (Å²) in [5, 5.41) is 20.4. The molecule has 5 nitrogen and oxygen atoms in total. The van der Waals surface area contributed by atoms with Gasteiger partial charge in [0.2, 0.25) is 5.79 Å². The predicted molar refractivity (Wildman–Crippen MR) is 136 cm³/mol. The molecule has 0 radical (unpaired) electrons. The lowest BCUT2D eigenvalue weighted by atomic mass is 9.50. The second-order valence-corrected chi connectivity index (χ2v) is 12.5. The van der Waals surface area contributed by atoms with E-state index in [1.807, 2.05) is 0 Å². The van der Waals surface area contributed by atoms with E-state index in [2.05, 4.69) is 53.3 Å². The van der Waals surface area contributed by atoms with Crippen molar-refractivity contribution in [2.75, 3.05) is 0 Å². The number of rotatable bonds is 7. The first-order valence-corrected chi connectivity index (χ1v) is 13.1. The Morgan fingerprint density at radius 2 is 1.91 bits per heavy atom. The molecule has 1 aliphatic heterocycles. The summed E-state index contributed by atoms with van der Waals surface area (Å²) in [6.45, 7) is 17.1. The molecule has 1 heterocycles. The zero-order valence-electron chi connectivity index (χ0n) is 22.2. The van der Waals surface area contributed by atoms with Crippen LogP contribution in [0.15, 0.2) is 47.1 Å². The molecule has 4 rings (SSSR count). The average Bonchev–Trinajstić information content (AvgIpc) is 3.18. The first-order valence-electron chi connectivity index (χ1n) is 13.1. The SMILES string of the molecule is C=C(C)C1CC=C2C(CC=C3C2(C)CCC3(C)C(C)CC2(O)C=C(C)C(=O)O2)C1(C)CCC(=O)O. The Kier molecular flexibility index (Phi) is 6.28. The summed E-state index contributed by atoms with van der Waals surface area (Å²) < 4.78 is 5.33. The number of fused-ring (bicyclic) bond motifs is 3. The molecule has 0 amide bonds. The quantitative estimate of drug-likeness (QED) is 0.326. The van der Waals surface area contributed by atoms with Crippen molar-refractivity contribution in [1.29, 1.82) is 0 Å². The first kappa shape index (κ1) is 25.9. The van der Waals surface area contributed by atoms with Crippen molar-refractivity contribution in [1.82, 2.24) is 0 Å². The maximum Gasteiger partial charge on any atom is 0.336 e. The van der Waals surface area contributed by atoms with Gasteiger partial charge in [-0.15, -0.1) is 0 Å². The van der Waals surface area contributed by atoms with Gasteiger partial charge in [0.15, 0.2) is 0 Å². The van der Waals surface area contributed by atoms with Crippen molar-refractivity contribution in [3.8, 4) is 0 Å². The van der Waals surface area contributed by atoms with E-state index in [4.69, 9.17) is 4.74 Å². The number of ether oxygens (including phenoxy) is 1. The normalized spacial score (nSPS) is 41.2. The summed E-state index contributed by atoms with van der Waals surface area (Å²) in [6.07, 6.45) is 11.5. The topological polar surface area (TPSA) is 83.8 Å². The molecule has 0 bridgehead atoms. The van der Waals surface area contributed by atoms with Crippen LogP contribution in [0.5, 0.6) is 0 Å². The second-order valence-electron chi connectivity index (χ2n) is 12.5. The molecule has 0 aromatic carbocycles. The number of carbonyl (C=O) groups excluding carboxylic acids is 1. The highest BCUT2D eigenvalue weighted by molar-refractivity contribution is 5.90. The third kappa shape index (κ3) is 4.04. The summed E-state index contributed by atoms with van der Waals surface area (Å²) in [5.74, 6) is -2.03. The van der Waals surface area contributed by atoms with Gasteiger partial charge in [-0.3, -0.25) is 4.79 Å². The van der Waals surface area contributed by atoms with Crippen LogP contribution in [0.4, 0.5) is 0 Å². The molecule has 7 atom stereocenters. The Bertz CT molecular complexity index is 1050. The van der Waals surface area contributed by atoms with Crippen molar-refractivity contribution >= 4 is 11.9 Å². The van der Waals surface area contributed by atoms with Crippen LogP contribution < -0.4 is 0 Å². The highest BCUT2D eigenvalue weighted by Gasteiger charge is 2.58. The number of hydrogen-bond acceptors (Lipinski definition) is 4. The number of hydrogen-bond donors (Lipinski definition) is 2. The molecule has 4 aliphatic rings. The zero-order valence-corrected chi connectivity index (χ0v) is 22.2. The minimum absolute atomic E-state index is 0.0722. The number of carbonyl (C=O) groups is 2. The predicted octanol–water partition coefficient (Wildman–Crippen LogP) is 6.35. The highest BCUT2D eigenvalue weighted by Crippen LogP contribution is 2.68. The van der Waals surface area contributed by atoms with Crippen molar-refractivity contribution in [2.24, 2.45) is 34.0 Å². The molecule has 192 valence electrons. The minimum Gasteiger partial charge on any atom is -0.481 e. The van der Waals surface area contributed by atoms with Gasteiger partial charge in [0.05, 0.1) is 0 Å². The fraction of sp³-hybridized carbons (Fsp3) is 0.667. The van der Waals surface area contributed by atoms with Gasteiger partial charge in [0.25, 0.3) is 0 Å². The first-order chi connectivity index (χ1) is 16.2. The monoisotopic (exact) mass is 482 g/mol. The summed E-state index contributed by atoms with van der Waals surface area (Å²) in [4.78, 5) is 23.5. The summed E-state index contributed by atoms with van der Waals surface area (Å²) >= 11 is 0. The molecule has 1 fully saturated rings. The Morgan fingerprint density at radius 1 is 1.23 bits per heavy atom. The van der Waals surface area contributed by atoms with Crippen LogP contribution in [0.1, 0.15) is 86.5 Å². The summed E-state index contributed by atoms with van der Waals surface area (Å²) in [7, 11) is 0. The number of allylic oxidation sites excluding steroid dienone is 5. The molecule has 1 saturated carbocycles. The van der Waals surface area contributed by atoms with Crippen molar-refractivity contribution in [2.45, 2.75) is 92.3 Å². The lowest BCUT2D eigenvalue weighted by Gasteiger charge is -2.55. The second kappa shape index (κ2) is 8.47. The largest absolute Gasteiger partial charge is 0.481 e. The maximum absolute atomic E-state index is 11.9. The number of aliphatic hydroxyl groups is 1. The van der Waals surface area contributed by atoms with Gasteiger partial charge >= 0.3 is 11.9 Å². The Morgan fingerprint density at radius 3 is 2.49 bits per heavy atom. The highest BCUT2D eigenvalue weighted by atomic mass is 16.7. The van der Waals surface area contributed by atoms with Gasteiger partial charge < -0.3 is 14.9 Å². The van der Waals surface area contributed by atoms with Gasteiger partial charge in [0, 0.05) is 23.8 Å². The molecule has 35 heavy (non-hydrogen) atoms. The van der Waals surface area contributed by atoms with Crippen LogP contribution in [0.25, 0.3) is 0 Å². The Hall–Kier alpha value is -2.14. The standard InChI is InChI=1S/C30H42O5/c1-18(2)21-8-9-23-22(28(21,6)13-12-25(31)32)10-11-24-27(5,14-15-29(23,24)7)20(4)17-30(34)16-19(3)26(33)35-30/h9,11,16,20-22,34H,1,8,10,12-15,17H2,2-7H3,(H,31,32). The molecule has 0 aromatic heterocycles. The van der Waals surface area contributed by atoms with E-state index in [9.17, 15) is 19.8 Å². The molecular formula is C30H42O5. The van der Waals surface area contributed by atoms with E-state index >= 15 is 0 Å². The maximum atomic E-state index is 11.9. The molecule has 0 saturated heterocycles. The van der Waals surface area contributed by atoms with Gasteiger partial charge in [0.1, 0.15) is 0 Å². The van der Waals surface area contributed by atoms with Crippen LogP contribution >= 0.6 is 0 Å². The van der Waals surface area contributed by atoms with Crippen molar-refractivity contribution < 1.29 is 24.5 Å². The Labute approximate surface area is 210 Å². The van der Waals surface area contributed by atoms with Crippen LogP contribution in [0.2, 0.25) is 0 Å². The number of cyclic esters (lactones) is 1. The van der Waals surface area contributed by atoms with E-state index in [0.29, 0.717) is 24.3 Å². The van der Waals surface area contributed by atoms with Crippen molar-refractivity contribution in [3.05, 3.63) is 47.1 Å². The smallest absolute Gasteiger partial charge is 0.336 e. The number of aliphatic carboxylic acids is 1. The average molecular weight is 483 g/mol. The molecule has 7 unspecified atom stereocenters. The number of esters is 1. The van der Waals surface area contributed by atoms with Gasteiger partial charge in [-0.2, -0.15) is 0 Å². The van der Waals surface area contributed by atoms with Crippen LogP contribution in [0, 0.1) is 34.0 Å². The van der Waals surface area contributed by atoms with Crippen LogP contribution in [-0.2, 0) is 14.3 Å². The molecule has 0 spiro atoms. The zero-order chi connectivity index (χ0) is 26.0. The number of carboxylic acid groups (broad SMARTS) is 1. The van der Waals surface area contributed by atoms with E-state index in [-0.39, 0.29) is 34.5 Å². The van der Waals surface area contributed by atoms with Gasteiger partial charge in [-0.25, -0.2) is 4.79 Å². The molecule has 2 N–H and O–H groups in total. The van der Waals surface area contributed by atoms with E-state index in [1.54, 1.807) is 13.0 Å². The summed E-state index contributed by atoms with van der Waals surface area (Å²) in [5.41, 5.74) is 4.18. The van der Waals surface area contributed by atoms with E-state index in [0.717, 1.165) is 31.3 Å². The third-order valence-electron chi connectivity index (χ3n) is 10.3. The minimum atomic E-state index is -1.53. The molecule has 3 aliphatic carbocycles. The fourth-order valence-corrected chi connectivity index (χ4v) is 8.10. The van der Waals surface area contributed by atoms with Crippen LogP contribution in [0.3, 0.4) is 0 Å². The van der Waals surface area contributed by atoms with Crippen molar-refractivity contribution in [3.63, 3.8) is 0 Å². The molecule has 5 heteroatoms. The lowest BCUT2D eigenvalue weighted by Crippen LogP contribution is -2.46. The molecule has 0 aromatic rings. The fourth-order valence-electron chi connectivity index (χ4n) is 8.10. The molecular weight excluding hydrogens is 440 g/mol. The van der Waals surface area contributed by atoms with E-state index in [1.165, 1.54) is 11.1 Å². The lowest BCUT2D eigenvalue weighted by molar-refractivity contribution is -0.185. The van der Waals surface area contributed by atoms with E-state index < -0.39 is 17.7 Å².